The first-order valence-corrected chi connectivity index (χ1v) is 12.1. The van der Waals surface area contributed by atoms with E-state index in [2.05, 4.69) is 5.10 Å². The van der Waals surface area contributed by atoms with Crippen molar-refractivity contribution >= 4 is 52.7 Å². The number of hydrogen-bond donors (Lipinski definition) is 0. The van der Waals surface area contributed by atoms with Gasteiger partial charge in [-0.25, -0.2) is 4.68 Å². The first kappa shape index (κ1) is 18.3. The number of ketones is 1. The molecule has 0 radical (unpaired) electrons. The fraction of sp³-hybridized carbons (Fsp3) is 0.550. The number of nitrogens with zero attached hydrogens (tertiary/aromatic N) is 2. The molecule has 2 aromatic rings. The largest absolute Gasteiger partial charge is 0.298 e. The van der Waals surface area contributed by atoms with E-state index >= 15 is 0 Å². The van der Waals surface area contributed by atoms with E-state index in [-0.39, 0.29) is 5.41 Å². The molecule has 4 bridgehead atoms. The Balaban J connectivity index is 1.29. The van der Waals surface area contributed by atoms with Crippen LogP contribution in [-0.4, -0.2) is 21.3 Å². The summed E-state index contributed by atoms with van der Waals surface area (Å²) in [6, 6.07) is 7.49. The molecule has 0 N–H and O–H groups in total. The SMILES string of the molecule is O=C(CSc1nn(-c2ccc(Cl)cc2)c(=S)s1)C12CC3CC(CC(C3)C1)C2. The Bertz CT molecular complexity index is 898. The highest BCUT2D eigenvalue weighted by molar-refractivity contribution is 8.01. The summed E-state index contributed by atoms with van der Waals surface area (Å²) in [4.78, 5) is 13.2. The number of Topliss-reactive ketones (excluding diaryl/α,β-unsaturated/α-hetero) is 1. The van der Waals surface area contributed by atoms with Gasteiger partial charge in [0, 0.05) is 10.4 Å². The summed E-state index contributed by atoms with van der Waals surface area (Å²) in [5.74, 6) is 3.38. The lowest BCUT2D eigenvalue weighted by molar-refractivity contribution is -0.141. The van der Waals surface area contributed by atoms with Crippen molar-refractivity contribution in [1.29, 1.82) is 0 Å². The van der Waals surface area contributed by atoms with E-state index in [9.17, 15) is 4.79 Å². The number of halogens is 1. The Kier molecular flexibility index (Phi) is 4.74. The smallest absolute Gasteiger partial charge is 0.184 e. The maximum atomic E-state index is 13.2. The van der Waals surface area contributed by atoms with Crippen LogP contribution in [-0.2, 0) is 4.79 Å². The summed E-state index contributed by atoms with van der Waals surface area (Å²) in [5, 5.41) is 5.32. The van der Waals surface area contributed by atoms with Crippen molar-refractivity contribution in [1.82, 2.24) is 9.78 Å². The Hall–Kier alpha value is -0.690. The van der Waals surface area contributed by atoms with Gasteiger partial charge in [0.25, 0.3) is 0 Å². The predicted octanol–water partition coefficient (Wildman–Crippen LogP) is 6.19. The van der Waals surface area contributed by atoms with Crippen LogP contribution >= 0.6 is 46.9 Å². The van der Waals surface area contributed by atoms with Gasteiger partial charge in [0.15, 0.2) is 8.29 Å². The minimum absolute atomic E-state index is 0.0258. The third kappa shape index (κ3) is 3.43. The fourth-order valence-electron chi connectivity index (χ4n) is 5.80. The average Bonchev–Trinajstić information content (AvgIpc) is 3.00. The van der Waals surface area contributed by atoms with Gasteiger partial charge in [-0.2, -0.15) is 0 Å². The van der Waals surface area contributed by atoms with Crippen LogP contribution in [0.1, 0.15) is 38.5 Å². The number of benzene rings is 1. The zero-order valence-electron chi connectivity index (χ0n) is 14.9. The number of thioether (sulfide) groups is 1. The highest BCUT2D eigenvalue weighted by Crippen LogP contribution is 2.60. The third-order valence-electron chi connectivity index (χ3n) is 6.56. The Morgan fingerprint density at radius 1 is 1.19 bits per heavy atom. The molecule has 0 spiro atoms. The second-order valence-electron chi connectivity index (χ2n) is 8.43. The van der Waals surface area contributed by atoms with E-state index in [1.807, 2.05) is 24.3 Å². The lowest BCUT2D eigenvalue weighted by atomic mass is 9.48. The molecule has 1 heterocycles. The van der Waals surface area contributed by atoms with E-state index in [0.717, 1.165) is 47.0 Å². The molecule has 7 heteroatoms. The first-order chi connectivity index (χ1) is 13.0. The molecule has 0 amide bonds. The van der Waals surface area contributed by atoms with Gasteiger partial charge in [0.1, 0.15) is 5.78 Å². The maximum Gasteiger partial charge on any atom is 0.184 e. The molecule has 1 aromatic heterocycles. The van der Waals surface area contributed by atoms with Crippen LogP contribution in [0.4, 0.5) is 0 Å². The van der Waals surface area contributed by atoms with Crippen molar-refractivity contribution in [3.63, 3.8) is 0 Å². The van der Waals surface area contributed by atoms with Gasteiger partial charge < -0.3 is 0 Å². The summed E-state index contributed by atoms with van der Waals surface area (Å²) in [6.45, 7) is 0. The molecule has 0 unspecified atom stereocenters. The maximum absolute atomic E-state index is 13.2. The van der Waals surface area contributed by atoms with Gasteiger partial charge in [0.2, 0.25) is 0 Å². The molecular weight excluding hydrogens is 416 g/mol. The number of aromatic nitrogens is 2. The zero-order valence-corrected chi connectivity index (χ0v) is 18.1. The highest BCUT2D eigenvalue weighted by atomic mass is 35.5. The molecule has 142 valence electrons. The van der Waals surface area contributed by atoms with Gasteiger partial charge in [-0.3, -0.25) is 4.79 Å². The fourth-order valence-corrected chi connectivity index (χ4v) is 8.32. The minimum atomic E-state index is -0.0258. The quantitative estimate of drug-likeness (QED) is 0.413. The molecule has 4 aliphatic rings. The zero-order chi connectivity index (χ0) is 18.6. The van der Waals surface area contributed by atoms with Gasteiger partial charge in [0.05, 0.1) is 11.4 Å². The van der Waals surface area contributed by atoms with Gasteiger partial charge in [-0.05, 0) is 92.8 Å². The summed E-state index contributed by atoms with van der Waals surface area (Å²) in [5.41, 5.74) is 0.877. The van der Waals surface area contributed by atoms with Crippen molar-refractivity contribution in [2.24, 2.45) is 23.2 Å². The van der Waals surface area contributed by atoms with Crippen LogP contribution in [0.25, 0.3) is 5.69 Å². The van der Waals surface area contributed by atoms with Crippen LogP contribution in [0, 0.1) is 27.1 Å². The van der Waals surface area contributed by atoms with Crippen LogP contribution in [0.15, 0.2) is 28.6 Å². The average molecular weight is 437 g/mol. The van der Waals surface area contributed by atoms with E-state index in [4.69, 9.17) is 23.8 Å². The van der Waals surface area contributed by atoms with E-state index in [1.165, 1.54) is 30.6 Å². The number of hydrogen-bond acceptors (Lipinski definition) is 5. The van der Waals surface area contributed by atoms with Gasteiger partial charge in [-0.1, -0.05) is 34.7 Å². The number of rotatable bonds is 5. The molecule has 0 aliphatic heterocycles. The van der Waals surface area contributed by atoms with Crippen LogP contribution in [0.2, 0.25) is 5.02 Å². The molecule has 0 saturated heterocycles. The lowest BCUT2D eigenvalue weighted by Crippen LogP contribution is -2.50. The second-order valence-corrected chi connectivity index (χ2v) is 11.7. The molecule has 4 fully saturated rings. The molecule has 6 rings (SSSR count). The van der Waals surface area contributed by atoms with Crippen molar-refractivity contribution < 1.29 is 4.79 Å². The summed E-state index contributed by atoms with van der Waals surface area (Å²) < 4.78 is 3.32. The first-order valence-electron chi connectivity index (χ1n) is 9.53. The second kappa shape index (κ2) is 6.97. The molecule has 3 nitrogen and oxygen atoms in total. The number of carbonyl (C=O) groups is 1. The lowest BCUT2D eigenvalue weighted by Gasteiger charge is -2.56. The topological polar surface area (TPSA) is 34.9 Å². The van der Waals surface area contributed by atoms with E-state index in [0.29, 0.717) is 20.5 Å². The van der Waals surface area contributed by atoms with Crippen molar-refractivity contribution in [3.8, 4) is 5.69 Å². The van der Waals surface area contributed by atoms with Gasteiger partial charge in [-0.15, -0.1) is 5.10 Å². The van der Waals surface area contributed by atoms with E-state index in [1.54, 1.807) is 16.4 Å². The predicted molar refractivity (Wildman–Crippen MR) is 114 cm³/mol. The Morgan fingerprint density at radius 3 is 2.37 bits per heavy atom. The third-order valence-corrected chi connectivity index (χ3v) is 9.17. The van der Waals surface area contributed by atoms with E-state index < -0.39 is 0 Å². The Morgan fingerprint density at radius 2 is 1.78 bits per heavy atom. The van der Waals surface area contributed by atoms with Crippen molar-refractivity contribution in [2.45, 2.75) is 42.9 Å². The summed E-state index contributed by atoms with van der Waals surface area (Å²) in [6.07, 6.45) is 7.50. The van der Waals surface area contributed by atoms with Crippen molar-refractivity contribution in [3.05, 3.63) is 33.2 Å². The summed E-state index contributed by atoms with van der Waals surface area (Å²) in [7, 11) is 0. The normalized spacial score (nSPS) is 31.4. The van der Waals surface area contributed by atoms with Crippen LogP contribution in [0.5, 0.6) is 0 Å². The number of carbonyl (C=O) groups excluding carboxylic acids is 1. The van der Waals surface area contributed by atoms with Crippen LogP contribution < -0.4 is 0 Å². The van der Waals surface area contributed by atoms with Gasteiger partial charge >= 0.3 is 0 Å². The minimum Gasteiger partial charge on any atom is -0.298 e. The molecule has 4 aliphatic carbocycles. The molecule has 27 heavy (non-hydrogen) atoms. The Labute approximate surface area is 177 Å². The summed E-state index contributed by atoms with van der Waals surface area (Å²) >= 11 is 14.5. The van der Waals surface area contributed by atoms with Crippen LogP contribution in [0.3, 0.4) is 0 Å². The molecule has 1 aromatic carbocycles. The molecular formula is C20H21ClN2OS3. The van der Waals surface area contributed by atoms with Crippen molar-refractivity contribution in [2.75, 3.05) is 5.75 Å². The monoisotopic (exact) mass is 436 g/mol. The highest BCUT2D eigenvalue weighted by Gasteiger charge is 2.54. The molecule has 0 atom stereocenters. The molecule has 4 saturated carbocycles. The standard InChI is InChI=1S/C20H21ClN2OS3/c21-15-1-3-16(4-2-15)23-19(25)27-18(22-23)26-11-17(24)20-8-12-5-13(9-20)7-14(6-12)10-20/h1-4,12-14H,5-11H2.